The van der Waals surface area contributed by atoms with Crippen molar-refractivity contribution in [2.45, 2.75) is 13.8 Å². The van der Waals surface area contributed by atoms with Gasteiger partial charge in [-0.25, -0.2) is 4.79 Å². The second-order valence-electron chi connectivity index (χ2n) is 5.26. The molecule has 1 heterocycles. The molecule has 0 fully saturated rings. The Bertz CT molecular complexity index is 951. The van der Waals surface area contributed by atoms with Gasteiger partial charge in [0.25, 0.3) is 0 Å². The van der Waals surface area contributed by atoms with Gasteiger partial charge in [0.05, 0.1) is 10.9 Å². The van der Waals surface area contributed by atoms with Crippen LogP contribution in [0.3, 0.4) is 0 Å². The Morgan fingerprint density at radius 1 is 1.05 bits per heavy atom. The van der Waals surface area contributed by atoms with Gasteiger partial charge in [0.2, 0.25) is 0 Å². The second kappa shape index (κ2) is 5.15. The molecule has 3 aromatic rings. The van der Waals surface area contributed by atoms with Crippen molar-refractivity contribution >= 4 is 16.9 Å². The van der Waals surface area contributed by atoms with Crippen LogP contribution in [0.5, 0.6) is 0 Å². The summed E-state index contributed by atoms with van der Waals surface area (Å²) in [4.78, 5) is 23.6. The minimum atomic E-state index is -1.06. The lowest BCUT2D eigenvalue weighted by Crippen LogP contribution is -2.04. The van der Waals surface area contributed by atoms with Crippen LogP contribution in [0.15, 0.2) is 51.7 Å². The lowest BCUT2D eigenvalue weighted by atomic mass is 10.0. The average molecular weight is 294 g/mol. The number of hydrogen-bond donors (Lipinski definition) is 1. The van der Waals surface area contributed by atoms with Crippen molar-refractivity contribution in [1.82, 2.24) is 0 Å². The Kier molecular flexibility index (Phi) is 3.29. The summed E-state index contributed by atoms with van der Waals surface area (Å²) in [6, 6.07) is 11.4. The molecule has 0 saturated carbocycles. The van der Waals surface area contributed by atoms with Crippen molar-refractivity contribution in [3.05, 3.63) is 69.4 Å². The van der Waals surface area contributed by atoms with Crippen molar-refractivity contribution in [2.75, 3.05) is 0 Å². The van der Waals surface area contributed by atoms with Crippen LogP contribution < -0.4 is 5.43 Å². The zero-order valence-corrected chi connectivity index (χ0v) is 12.2. The maximum Gasteiger partial charge on any atom is 0.336 e. The molecule has 0 unspecified atom stereocenters. The summed E-state index contributed by atoms with van der Waals surface area (Å²) in [6.07, 6.45) is 0. The lowest BCUT2D eigenvalue weighted by molar-refractivity contribution is 0.0697. The standard InChI is InChI=1S/C18H14O4/c1-10-7-14-15(19)9-17(22-16(14)8-11(10)2)12-5-3-4-6-13(12)18(20)21/h3-9H,1-2H3,(H,20,21). The maximum absolute atomic E-state index is 12.3. The minimum Gasteiger partial charge on any atom is -0.478 e. The highest BCUT2D eigenvalue weighted by molar-refractivity contribution is 5.95. The summed E-state index contributed by atoms with van der Waals surface area (Å²) >= 11 is 0. The molecule has 0 aliphatic rings. The second-order valence-corrected chi connectivity index (χ2v) is 5.26. The van der Waals surface area contributed by atoms with Gasteiger partial charge in [0.15, 0.2) is 5.43 Å². The number of hydrogen-bond acceptors (Lipinski definition) is 3. The van der Waals surface area contributed by atoms with E-state index in [9.17, 15) is 14.7 Å². The summed E-state index contributed by atoms with van der Waals surface area (Å²) in [6.45, 7) is 3.87. The first-order valence-electron chi connectivity index (χ1n) is 6.85. The number of aryl methyl sites for hydroxylation is 2. The van der Waals surface area contributed by atoms with E-state index in [0.717, 1.165) is 11.1 Å². The molecule has 0 aliphatic heterocycles. The number of benzene rings is 2. The van der Waals surface area contributed by atoms with Gasteiger partial charge in [-0.1, -0.05) is 18.2 Å². The van der Waals surface area contributed by atoms with E-state index in [4.69, 9.17) is 4.42 Å². The smallest absolute Gasteiger partial charge is 0.336 e. The quantitative estimate of drug-likeness (QED) is 0.781. The summed E-state index contributed by atoms with van der Waals surface area (Å²) in [5, 5.41) is 9.77. The van der Waals surface area contributed by atoms with E-state index >= 15 is 0 Å². The van der Waals surface area contributed by atoms with Gasteiger partial charge in [-0.3, -0.25) is 4.79 Å². The van der Waals surface area contributed by atoms with Crippen molar-refractivity contribution in [1.29, 1.82) is 0 Å². The van der Waals surface area contributed by atoms with Crippen molar-refractivity contribution < 1.29 is 14.3 Å². The minimum absolute atomic E-state index is 0.105. The van der Waals surface area contributed by atoms with E-state index < -0.39 is 5.97 Å². The van der Waals surface area contributed by atoms with Gasteiger partial charge in [0, 0.05) is 11.6 Å². The fourth-order valence-corrected chi connectivity index (χ4v) is 2.43. The van der Waals surface area contributed by atoms with E-state index in [0.29, 0.717) is 16.5 Å². The molecule has 0 spiro atoms. The first kappa shape index (κ1) is 14.1. The van der Waals surface area contributed by atoms with Gasteiger partial charge in [-0.05, 0) is 43.2 Å². The molecule has 110 valence electrons. The largest absolute Gasteiger partial charge is 0.478 e. The van der Waals surface area contributed by atoms with Crippen LogP contribution in [-0.4, -0.2) is 11.1 Å². The van der Waals surface area contributed by atoms with Crippen LogP contribution in [0.2, 0.25) is 0 Å². The Morgan fingerprint density at radius 3 is 2.45 bits per heavy atom. The Labute approximate surface area is 126 Å². The number of rotatable bonds is 2. The zero-order chi connectivity index (χ0) is 15.9. The van der Waals surface area contributed by atoms with Gasteiger partial charge >= 0.3 is 5.97 Å². The van der Waals surface area contributed by atoms with Crippen LogP contribution in [0.4, 0.5) is 0 Å². The van der Waals surface area contributed by atoms with Crippen LogP contribution in [0.1, 0.15) is 21.5 Å². The average Bonchev–Trinajstić information content (AvgIpc) is 2.49. The molecule has 3 rings (SSSR count). The molecule has 1 N–H and O–H groups in total. The van der Waals surface area contributed by atoms with Crippen molar-refractivity contribution in [2.24, 2.45) is 0 Å². The first-order chi connectivity index (χ1) is 10.5. The Morgan fingerprint density at radius 2 is 1.73 bits per heavy atom. The van der Waals surface area contributed by atoms with Gasteiger partial charge in [-0.15, -0.1) is 0 Å². The summed E-state index contributed by atoms with van der Waals surface area (Å²) in [7, 11) is 0. The summed E-state index contributed by atoms with van der Waals surface area (Å²) in [5.41, 5.74) is 2.81. The molecule has 0 aliphatic carbocycles. The van der Waals surface area contributed by atoms with E-state index in [1.165, 1.54) is 12.1 Å². The molecule has 22 heavy (non-hydrogen) atoms. The third-order valence-corrected chi connectivity index (χ3v) is 3.77. The topological polar surface area (TPSA) is 67.5 Å². The molecule has 4 nitrogen and oxygen atoms in total. The fourth-order valence-electron chi connectivity index (χ4n) is 2.43. The van der Waals surface area contributed by atoms with E-state index in [1.54, 1.807) is 30.3 Å². The molecule has 4 heteroatoms. The highest BCUT2D eigenvalue weighted by atomic mass is 16.4. The van der Waals surface area contributed by atoms with Crippen molar-refractivity contribution in [3.8, 4) is 11.3 Å². The first-order valence-corrected chi connectivity index (χ1v) is 6.85. The summed E-state index contributed by atoms with van der Waals surface area (Å²) in [5.74, 6) is -0.794. The Balaban J connectivity index is 2.32. The number of aromatic carboxylic acids is 1. The van der Waals surface area contributed by atoms with Crippen LogP contribution >= 0.6 is 0 Å². The molecular formula is C18H14O4. The highest BCUT2D eigenvalue weighted by Gasteiger charge is 2.15. The number of fused-ring (bicyclic) bond motifs is 1. The number of carboxylic acid groups (broad SMARTS) is 1. The molecule has 0 atom stereocenters. The van der Waals surface area contributed by atoms with Crippen LogP contribution in [-0.2, 0) is 0 Å². The third-order valence-electron chi connectivity index (χ3n) is 3.77. The van der Waals surface area contributed by atoms with Crippen LogP contribution in [0, 0.1) is 13.8 Å². The maximum atomic E-state index is 12.3. The van der Waals surface area contributed by atoms with Gasteiger partial charge in [-0.2, -0.15) is 0 Å². The van der Waals surface area contributed by atoms with Gasteiger partial charge < -0.3 is 9.52 Å². The van der Waals surface area contributed by atoms with Crippen molar-refractivity contribution in [3.63, 3.8) is 0 Å². The molecule has 0 bridgehead atoms. The van der Waals surface area contributed by atoms with Crippen LogP contribution in [0.25, 0.3) is 22.3 Å². The molecule has 0 saturated heterocycles. The molecule has 2 aromatic carbocycles. The molecular weight excluding hydrogens is 280 g/mol. The highest BCUT2D eigenvalue weighted by Crippen LogP contribution is 2.26. The number of carboxylic acids is 1. The Hall–Kier alpha value is -2.88. The summed E-state index contributed by atoms with van der Waals surface area (Å²) < 4.78 is 5.79. The molecule has 1 aromatic heterocycles. The monoisotopic (exact) mass is 294 g/mol. The normalized spacial score (nSPS) is 10.8. The SMILES string of the molecule is Cc1cc2oc(-c3ccccc3C(=O)O)cc(=O)c2cc1C. The van der Waals surface area contributed by atoms with E-state index in [2.05, 4.69) is 0 Å². The third kappa shape index (κ3) is 2.29. The lowest BCUT2D eigenvalue weighted by Gasteiger charge is -2.08. The van der Waals surface area contributed by atoms with E-state index in [1.807, 2.05) is 13.8 Å². The zero-order valence-electron chi connectivity index (χ0n) is 12.2. The molecule has 0 amide bonds. The molecule has 0 radical (unpaired) electrons. The fraction of sp³-hybridized carbons (Fsp3) is 0.111. The predicted octanol–water partition coefficient (Wildman–Crippen LogP) is 3.78. The number of carbonyl (C=O) groups is 1. The predicted molar refractivity (Wildman–Crippen MR) is 84.4 cm³/mol. The van der Waals surface area contributed by atoms with Gasteiger partial charge in [0.1, 0.15) is 11.3 Å². The van der Waals surface area contributed by atoms with E-state index in [-0.39, 0.29) is 16.8 Å².